The Morgan fingerprint density at radius 2 is 1.00 bits per heavy atom. The van der Waals surface area contributed by atoms with E-state index in [4.69, 9.17) is 19.3 Å². The van der Waals surface area contributed by atoms with Crippen molar-refractivity contribution in [3.8, 4) is 0 Å². The van der Waals surface area contributed by atoms with E-state index in [-0.39, 0.29) is 38.4 Å². The van der Waals surface area contributed by atoms with Crippen LogP contribution in [-0.2, 0) is 27.8 Å². The van der Waals surface area contributed by atoms with Gasteiger partial charge >= 0.3 is 11.9 Å². The van der Waals surface area contributed by atoms with Gasteiger partial charge in [0.05, 0.1) is 26.1 Å². The topological polar surface area (TPSA) is 127 Å². The Labute approximate surface area is 174 Å². The van der Waals surface area contributed by atoms with Gasteiger partial charge in [0.2, 0.25) is 14.7 Å². The Morgan fingerprint density at radius 3 is 1.30 bits per heavy atom. The number of hydrogen-bond donors (Lipinski definition) is 2. The molecule has 30 heavy (non-hydrogen) atoms. The van der Waals surface area contributed by atoms with Crippen molar-refractivity contribution in [1.29, 1.82) is 0 Å². The molecule has 162 valence electrons. The van der Waals surface area contributed by atoms with Crippen LogP contribution in [0.3, 0.4) is 0 Å². The van der Waals surface area contributed by atoms with Crippen molar-refractivity contribution in [2.24, 2.45) is 0 Å². The van der Waals surface area contributed by atoms with Crippen molar-refractivity contribution in [2.45, 2.75) is 12.8 Å². The lowest BCUT2D eigenvalue weighted by Gasteiger charge is -2.21. The van der Waals surface area contributed by atoms with E-state index in [0.717, 1.165) is 0 Å². The molecule has 10 heteroatoms. The molecule has 0 fully saturated rings. The lowest BCUT2D eigenvalue weighted by Crippen LogP contribution is -2.17. The highest BCUT2D eigenvalue weighted by atomic mass is 31.2. The Morgan fingerprint density at radius 1 is 0.667 bits per heavy atom. The molecule has 0 radical (unpaired) electrons. The molecule has 0 aromatic heterocycles. The molecule has 0 heterocycles. The van der Waals surface area contributed by atoms with Gasteiger partial charge in [0.25, 0.3) is 0 Å². The predicted molar refractivity (Wildman–Crippen MR) is 114 cm³/mol. The van der Waals surface area contributed by atoms with E-state index in [1.807, 2.05) is 0 Å². The number of benzene rings is 2. The van der Waals surface area contributed by atoms with E-state index < -0.39 is 26.7 Å². The van der Waals surface area contributed by atoms with Gasteiger partial charge in [0, 0.05) is 22.9 Å². The van der Waals surface area contributed by atoms with Crippen LogP contribution >= 0.6 is 14.7 Å². The average molecular weight is 454 g/mol. The second kappa shape index (κ2) is 11.2. The van der Waals surface area contributed by atoms with Crippen LogP contribution in [0.2, 0.25) is 0 Å². The van der Waals surface area contributed by atoms with Gasteiger partial charge in [-0.25, -0.2) is 0 Å². The lowest BCUT2D eigenvalue weighted by atomic mass is 10.4. The number of aliphatic carboxylic acids is 2. The summed E-state index contributed by atoms with van der Waals surface area (Å²) < 4.78 is 37.6. The summed E-state index contributed by atoms with van der Waals surface area (Å²) in [6.07, 6.45) is -1.01. The van der Waals surface area contributed by atoms with Crippen molar-refractivity contribution in [3.63, 3.8) is 0 Å². The zero-order valence-electron chi connectivity index (χ0n) is 16.3. The quantitative estimate of drug-likeness (QED) is 0.349. The van der Waals surface area contributed by atoms with Gasteiger partial charge < -0.3 is 19.3 Å². The Bertz CT molecular complexity index is 853. The Kier molecular flexibility index (Phi) is 9.00. The number of rotatable bonds is 13. The van der Waals surface area contributed by atoms with Gasteiger partial charge in [0.15, 0.2) is 0 Å². The van der Waals surface area contributed by atoms with Crippen molar-refractivity contribution in [1.82, 2.24) is 0 Å². The maximum atomic E-state index is 13.2. The normalized spacial score (nSPS) is 15.1. The summed E-state index contributed by atoms with van der Waals surface area (Å²) in [7, 11) is -6.91. The summed E-state index contributed by atoms with van der Waals surface area (Å²) in [5, 5.41) is 18.7. The zero-order valence-corrected chi connectivity index (χ0v) is 18.0. The summed E-state index contributed by atoms with van der Waals surface area (Å²) in [6, 6.07) is 16.6. The molecule has 8 nitrogen and oxygen atoms in total. The average Bonchev–Trinajstić information content (AvgIpc) is 2.75. The van der Waals surface area contributed by atoms with E-state index in [1.54, 1.807) is 60.7 Å². The fourth-order valence-corrected chi connectivity index (χ4v) is 6.74. The van der Waals surface area contributed by atoms with Gasteiger partial charge in [-0.1, -0.05) is 36.4 Å². The maximum Gasteiger partial charge on any atom is 0.303 e. The van der Waals surface area contributed by atoms with E-state index in [0.29, 0.717) is 10.6 Å². The van der Waals surface area contributed by atoms with Gasteiger partial charge in [-0.05, 0) is 24.3 Å². The van der Waals surface area contributed by atoms with Gasteiger partial charge in [-0.3, -0.25) is 18.7 Å². The van der Waals surface area contributed by atoms with Crippen LogP contribution in [0, 0.1) is 0 Å². The third kappa shape index (κ3) is 7.22. The molecule has 0 aliphatic rings. The van der Waals surface area contributed by atoms with E-state index >= 15 is 0 Å². The van der Waals surface area contributed by atoms with E-state index in [2.05, 4.69) is 0 Å². The SMILES string of the molecule is O=C(O)CCP(=O)(OCCOP(=O)(CCC(=O)O)c1ccccc1)c1ccccc1. The minimum Gasteiger partial charge on any atom is -0.481 e. The molecule has 0 aliphatic carbocycles. The van der Waals surface area contributed by atoms with Crippen molar-refractivity contribution in [2.75, 3.05) is 25.5 Å². The molecule has 2 aromatic rings. The first-order valence-corrected chi connectivity index (χ1v) is 12.9. The van der Waals surface area contributed by atoms with Gasteiger partial charge in [0.1, 0.15) is 0 Å². The molecule has 2 N–H and O–H groups in total. The summed E-state index contributed by atoms with van der Waals surface area (Å²) in [5.41, 5.74) is 0. The molecule has 0 amide bonds. The fraction of sp³-hybridized carbons (Fsp3) is 0.300. The molecule has 2 unspecified atom stereocenters. The highest BCUT2D eigenvalue weighted by Gasteiger charge is 2.29. The molecule has 0 saturated carbocycles. The summed E-state index contributed by atoms with van der Waals surface area (Å²) >= 11 is 0. The zero-order chi connectivity index (χ0) is 22.0. The maximum absolute atomic E-state index is 13.2. The first-order chi connectivity index (χ1) is 14.3. The largest absolute Gasteiger partial charge is 0.481 e. The van der Waals surface area contributed by atoms with Gasteiger partial charge in [-0.2, -0.15) is 0 Å². The molecular formula is C20H24O8P2. The van der Waals surface area contributed by atoms with Crippen LogP contribution in [0.25, 0.3) is 0 Å². The first-order valence-electron chi connectivity index (χ1n) is 9.27. The van der Waals surface area contributed by atoms with Crippen LogP contribution in [0.15, 0.2) is 60.7 Å². The highest BCUT2D eigenvalue weighted by molar-refractivity contribution is 7.67. The summed E-state index contributed by atoms with van der Waals surface area (Å²) in [5.74, 6) is -2.18. The van der Waals surface area contributed by atoms with E-state index in [1.165, 1.54) is 0 Å². The molecule has 0 saturated heterocycles. The number of carboxylic acid groups (broad SMARTS) is 2. The molecule has 2 atom stereocenters. The van der Waals surface area contributed by atoms with Gasteiger partial charge in [-0.15, -0.1) is 0 Å². The molecule has 0 spiro atoms. The second-order valence-corrected chi connectivity index (χ2v) is 11.6. The number of carboxylic acids is 2. The molecule has 0 aliphatic heterocycles. The highest BCUT2D eigenvalue weighted by Crippen LogP contribution is 2.48. The Balaban J connectivity index is 2.07. The minimum atomic E-state index is -3.46. The third-order valence-corrected chi connectivity index (χ3v) is 9.22. The van der Waals surface area contributed by atoms with Crippen molar-refractivity contribution < 1.29 is 38.0 Å². The monoisotopic (exact) mass is 454 g/mol. The smallest absolute Gasteiger partial charge is 0.303 e. The molecule has 2 aromatic carbocycles. The molecule has 0 bridgehead atoms. The van der Waals surface area contributed by atoms with Crippen LogP contribution < -0.4 is 10.6 Å². The molecular weight excluding hydrogens is 430 g/mol. The standard InChI is InChI=1S/C20H24O8P2/c21-19(22)11-15-29(25,17-7-3-1-4-8-17)27-13-14-28-30(26,16-12-20(23)24)18-9-5-2-6-10-18/h1-10H,11-16H2,(H,21,22)(H,23,24). The Hall–Kier alpha value is -2.24. The second-order valence-electron chi connectivity index (χ2n) is 6.42. The van der Waals surface area contributed by atoms with Crippen LogP contribution in [0.5, 0.6) is 0 Å². The minimum absolute atomic E-state index is 0.179. The number of carbonyl (C=O) groups is 2. The van der Waals surface area contributed by atoms with E-state index in [9.17, 15) is 18.7 Å². The summed E-state index contributed by atoms with van der Waals surface area (Å²) in [6.45, 7) is -0.370. The van der Waals surface area contributed by atoms with Crippen molar-refractivity contribution >= 4 is 37.3 Å². The third-order valence-electron chi connectivity index (χ3n) is 4.22. The first kappa shape index (κ1) is 24.0. The van der Waals surface area contributed by atoms with Crippen LogP contribution in [-0.4, -0.2) is 47.7 Å². The lowest BCUT2D eigenvalue weighted by molar-refractivity contribution is -0.137. The number of hydrogen-bond acceptors (Lipinski definition) is 6. The predicted octanol–water partition coefficient (Wildman–Crippen LogP) is 3.18. The van der Waals surface area contributed by atoms with Crippen LogP contribution in [0.1, 0.15) is 12.8 Å². The molecule has 2 rings (SSSR count). The van der Waals surface area contributed by atoms with Crippen LogP contribution in [0.4, 0.5) is 0 Å². The summed E-state index contributed by atoms with van der Waals surface area (Å²) in [4.78, 5) is 21.9. The fourth-order valence-electron chi connectivity index (χ4n) is 2.70. The van der Waals surface area contributed by atoms with Crippen molar-refractivity contribution in [3.05, 3.63) is 60.7 Å².